The summed E-state index contributed by atoms with van der Waals surface area (Å²) in [4.78, 5) is 23.8. The molecule has 1 aromatic carbocycles. The van der Waals surface area contributed by atoms with Crippen LogP contribution in [0.3, 0.4) is 0 Å². The molecule has 1 saturated heterocycles. The topological polar surface area (TPSA) is 64.6 Å². The summed E-state index contributed by atoms with van der Waals surface area (Å²) in [5.41, 5.74) is 0.689. The Balaban J connectivity index is 1.41. The van der Waals surface area contributed by atoms with Crippen LogP contribution in [0.25, 0.3) is 0 Å². The highest BCUT2D eigenvalue weighted by Crippen LogP contribution is 2.43. The lowest BCUT2D eigenvalue weighted by Gasteiger charge is -2.38. The first-order valence-electron chi connectivity index (χ1n) is 10.2. The molecule has 7 heteroatoms. The van der Waals surface area contributed by atoms with Gasteiger partial charge in [-0.1, -0.05) is 36.6 Å². The second-order valence-electron chi connectivity index (χ2n) is 7.79. The van der Waals surface area contributed by atoms with Gasteiger partial charge in [0.05, 0.1) is 12.5 Å². The van der Waals surface area contributed by atoms with Crippen molar-refractivity contribution in [2.45, 2.75) is 50.0 Å². The summed E-state index contributed by atoms with van der Waals surface area (Å²) in [7, 11) is 1.53. The highest BCUT2D eigenvalue weighted by Gasteiger charge is 2.45. The number of benzene rings is 1. The van der Waals surface area contributed by atoms with Crippen LogP contribution in [0.4, 0.5) is 0 Å². The number of hydrogen-bond acceptors (Lipinski definition) is 5. The number of amides is 1. The molecule has 1 aromatic heterocycles. The van der Waals surface area contributed by atoms with Crippen LogP contribution in [-0.2, 0) is 10.2 Å². The summed E-state index contributed by atoms with van der Waals surface area (Å²) in [5.74, 6) is 0.759. The number of aromatic nitrogens is 2. The summed E-state index contributed by atoms with van der Waals surface area (Å²) in [6.45, 7) is 1.39. The highest BCUT2D eigenvalue weighted by atomic mass is 35.5. The van der Waals surface area contributed by atoms with Crippen LogP contribution in [0.1, 0.15) is 44.1 Å². The van der Waals surface area contributed by atoms with Crippen molar-refractivity contribution in [1.29, 1.82) is 0 Å². The molecule has 1 aliphatic heterocycles. The average molecular weight is 416 g/mol. The number of nitrogens with zero attached hydrogens (tertiary/aromatic N) is 3. The van der Waals surface area contributed by atoms with Crippen molar-refractivity contribution in [3.63, 3.8) is 0 Å². The van der Waals surface area contributed by atoms with E-state index in [9.17, 15) is 4.79 Å². The zero-order valence-electron chi connectivity index (χ0n) is 16.6. The van der Waals surface area contributed by atoms with Gasteiger partial charge >= 0.3 is 6.01 Å². The third-order valence-electron chi connectivity index (χ3n) is 6.07. The number of hydrogen-bond donors (Lipinski definition) is 0. The lowest BCUT2D eigenvalue weighted by Crippen LogP contribution is -2.50. The van der Waals surface area contributed by atoms with Gasteiger partial charge in [0, 0.05) is 43.2 Å². The van der Waals surface area contributed by atoms with Crippen molar-refractivity contribution in [3.8, 4) is 11.9 Å². The summed E-state index contributed by atoms with van der Waals surface area (Å²) in [6, 6.07) is 9.84. The molecule has 2 heterocycles. The molecule has 1 saturated carbocycles. The average Bonchev–Trinajstić information content (AvgIpc) is 3.25. The van der Waals surface area contributed by atoms with Crippen LogP contribution in [0.2, 0.25) is 5.02 Å². The van der Waals surface area contributed by atoms with Gasteiger partial charge in [0.15, 0.2) is 0 Å². The van der Waals surface area contributed by atoms with Crippen molar-refractivity contribution in [2.24, 2.45) is 0 Å². The zero-order valence-corrected chi connectivity index (χ0v) is 17.4. The number of carbonyl (C=O) groups excluding carboxylic acids is 1. The monoisotopic (exact) mass is 415 g/mol. The first-order valence-corrected chi connectivity index (χ1v) is 10.6. The number of halogens is 1. The van der Waals surface area contributed by atoms with Crippen LogP contribution in [0.15, 0.2) is 36.5 Å². The van der Waals surface area contributed by atoms with E-state index in [1.54, 1.807) is 12.3 Å². The molecule has 6 nitrogen and oxygen atoms in total. The first kappa shape index (κ1) is 20.0. The van der Waals surface area contributed by atoms with E-state index in [4.69, 9.17) is 21.1 Å². The Hall–Kier alpha value is -2.34. The quantitative estimate of drug-likeness (QED) is 0.737. The second kappa shape index (κ2) is 8.57. The van der Waals surface area contributed by atoms with Crippen molar-refractivity contribution >= 4 is 17.5 Å². The predicted octanol–water partition coefficient (Wildman–Crippen LogP) is 4.02. The number of methoxy groups -OCH3 is 1. The molecule has 4 rings (SSSR count). The Labute approximate surface area is 176 Å². The Morgan fingerprint density at radius 2 is 1.83 bits per heavy atom. The van der Waals surface area contributed by atoms with E-state index in [1.165, 1.54) is 7.11 Å². The van der Waals surface area contributed by atoms with Gasteiger partial charge in [-0.15, -0.1) is 0 Å². The van der Waals surface area contributed by atoms with E-state index < -0.39 is 5.41 Å². The van der Waals surface area contributed by atoms with Crippen LogP contribution >= 0.6 is 11.6 Å². The number of ether oxygens (including phenoxy) is 2. The van der Waals surface area contributed by atoms with E-state index >= 15 is 0 Å². The van der Waals surface area contributed by atoms with Gasteiger partial charge < -0.3 is 14.4 Å². The summed E-state index contributed by atoms with van der Waals surface area (Å²) >= 11 is 6.07. The Bertz CT molecular complexity index is 845. The molecule has 2 aromatic rings. The molecule has 1 amide bonds. The van der Waals surface area contributed by atoms with Gasteiger partial charge in [-0.3, -0.25) is 4.79 Å². The maximum absolute atomic E-state index is 13.6. The van der Waals surface area contributed by atoms with Gasteiger partial charge in [-0.2, -0.15) is 4.98 Å². The van der Waals surface area contributed by atoms with E-state index in [0.29, 0.717) is 30.0 Å². The molecule has 1 aliphatic carbocycles. The normalized spacial score (nSPS) is 19.2. The molecule has 2 aliphatic rings. The predicted molar refractivity (Wildman–Crippen MR) is 110 cm³/mol. The fourth-order valence-electron chi connectivity index (χ4n) is 4.51. The minimum Gasteiger partial charge on any atom is -0.474 e. The molecule has 2 fully saturated rings. The summed E-state index contributed by atoms with van der Waals surface area (Å²) in [6.07, 6.45) is 7.22. The summed E-state index contributed by atoms with van der Waals surface area (Å²) in [5, 5.41) is 0.702. The number of piperidine rings is 1. The molecule has 29 heavy (non-hydrogen) atoms. The fraction of sp³-hybridized carbons (Fsp3) is 0.500. The summed E-state index contributed by atoms with van der Waals surface area (Å²) < 4.78 is 11.0. The molecule has 0 spiro atoms. The first-order chi connectivity index (χ1) is 14.1. The molecular weight excluding hydrogens is 390 g/mol. The third-order valence-corrected chi connectivity index (χ3v) is 6.32. The standard InChI is InChI=1S/C22H26ClN3O3/c1-28-21-24-13-8-19(25-21)29-18-9-14-26(15-10-18)20(27)22(11-2-3-12-22)16-4-6-17(23)7-5-16/h4-8,13,18H,2-3,9-12,14-15H2,1H3. The number of carbonyl (C=O) groups is 1. The Morgan fingerprint density at radius 3 is 2.48 bits per heavy atom. The number of likely N-dealkylation sites (tertiary alicyclic amines) is 1. The van der Waals surface area contributed by atoms with Crippen molar-refractivity contribution in [3.05, 3.63) is 47.1 Å². The lowest BCUT2D eigenvalue weighted by molar-refractivity contribution is -0.139. The molecular formula is C22H26ClN3O3. The van der Waals surface area contributed by atoms with Gasteiger partial charge in [-0.05, 0) is 30.5 Å². The molecule has 0 atom stereocenters. The molecule has 154 valence electrons. The van der Waals surface area contributed by atoms with E-state index in [2.05, 4.69) is 9.97 Å². The van der Waals surface area contributed by atoms with Gasteiger partial charge in [-0.25, -0.2) is 4.98 Å². The van der Waals surface area contributed by atoms with Crippen molar-refractivity contribution < 1.29 is 14.3 Å². The van der Waals surface area contributed by atoms with Gasteiger partial charge in [0.25, 0.3) is 0 Å². The highest BCUT2D eigenvalue weighted by molar-refractivity contribution is 6.30. The SMILES string of the molecule is COc1nccc(OC2CCN(C(=O)C3(c4ccc(Cl)cc4)CCCC3)CC2)n1. The van der Waals surface area contributed by atoms with Gasteiger partial charge in [0.2, 0.25) is 11.8 Å². The van der Waals surface area contributed by atoms with E-state index in [0.717, 1.165) is 44.1 Å². The molecule has 0 bridgehead atoms. The van der Waals surface area contributed by atoms with Crippen LogP contribution in [0.5, 0.6) is 11.9 Å². The smallest absolute Gasteiger partial charge is 0.319 e. The second-order valence-corrected chi connectivity index (χ2v) is 8.22. The van der Waals surface area contributed by atoms with E-state index in [1.807, 2.05) is 29.2 Å². The maximum atomic E-state index is 13.6. The van der Waals surface area contributed by atoms with Crippen LogP contribution < -0.4 is 9.47 Å². The molecule has 0 radical (unpaired) electrons. The third kappa shape index (κ3) is 4.17. The Kier molecular flexibility index (Phi) is 5.90. The van der Waals surface area contributed by atoms with Crippen LogP contribution in [-0.4, -0.2) is 47.1 Å². The minimum atomic E-state index is -0.404. The zero-order chi connectivity index (χ0) is 20.3. The minimum absolute atomic E-state index is 0.0358. The largest absolute Gasteiger partial charge is 0.474 e. The lowest BCUT2D eigenvalue weighted by atomic mass is 9.77. The van der Waals surface area contributed by atoms with Crippen LogP contribution in [0, 0.1) is 0 Å². The van der Waals surface area contributed by atoms with Crippen molar-refractivity contribution in [1.82, 2.24) is 14.9 Å². The van der Waals surface area contributed by atoms with E-state index in [-0.39, 0.29) is 12.0 Å². The molecule has 0 N–H and O–H groups in total. The Morgan fingerprint density at radius 1 is 1.14 bits per heavy atom. The van der Waals surface area contributed by atoms with Crippen molar-refractivity contribution in [2.75, 3.05) is 20.2 Å². The fourth-order valence-corrected chi connectivity index (χ4v) is 4.64. The van der Waals surface area contributed by atoms with Gasteiger partial charge in [0.1, 0.15) is 6.10 Å². The number of rotatable bonds is 5. The molecule has 0 unspecified atom stereocenters. The maximum Gasteiger partial charge on any atom is 0.319 e.